The van der Waals surface area contributed by atoms with Crippen molar-refractivity contribution in [3.63, 3.8) is 0 Å². The Balaban J connectivity index is 1.26. The summed E-state index contributed by atoms with van der Waals surface area (Å²) in [6.07, 6.45) is 1.77. The minimum absolute atomic E-state index is 0.0543. The van der Waals surface area contributed by atoms with Gasteiger partial charge < -0.3 is 14.8 Å². The van der Waals surface area contributed by atoms with E-state index >= 15 is 0 Å². The number of fused-ring (bicyclic) bond motifs is 1. The van der Waals surface area contributed by atoms with E-state index in [1.54, 1.807) is 17.5 Å². The lowest BCUT2D eigenvalue weighted by molar-refractivity contribution is -0.119. The van der Waals surface area contributed by atoms with Crippen LogP contribution in [0.2, 0.25) is 0 Å². The number of carbonyl (C=O) groups is 1. The first kappa shape index (κ1) is 23.5. The number of thiazole rings is 1. The van der Waals surface area contributed by atoms with Crippen molar-refractivity contribution in [3.05, 3.63) is 102 Å². The minimum atomic E-state index is -0.0719. The summed E-state index contributed by atoms with van der Waals surface area (Å²) in [5.74, 6) is 1.82. The molecule has 2 heterocycles. The molecule has 0 aliphatic carbocycles. The molecule has 180 valence electrons. The summed E-state index contributed by atoms with van der Waals surface area (Å²) in [5.41, 5.74) is 3.94. The molecule has 0 fully saturated rings. The van der Waals surface area contributed by atoms with Gasteiger partial charge in [0.1, 0.15) is 23.1 Å². The number of carbonyl (C=O) groups excluding carboxylic acids is 1. The highest BCUT2D eigenvalue weighted by atomic mass is 32.1. The molecule has 1 unspecified atom stereocenters. The average Bonchev–Trinajstić information content (AvgIpc) is 3.32. The van der Waals surface area contributed by atoms with Crippen LogP contribution in [0.15, 0.2) is 91.1 Å². The van der Waals surface area contributed by atoms with Crippen LogP contribution in [0.5, 0.6) is 17.4 Å². The fourth-order valence-corrected chi connectivity index (χ4v) is 4.72. The molecule has 2 aromatic heterocycles. The molecule has 5 aromatic rings. The summed E-state index contributed by atoms with van der Waals surface area (Å²) in [7, 11) is 0. The number of ether oxygens (including phenoxy) is 2. The lowest BCUT2D eigenvalue weighted by atomic mass is 10.1. The van der Waals surface area contributed by atoms with E-state index in [2.05, 4.69) is 10.3 Å². The van der Waals surface area contributed by atoms with Crippen LogP contribution < -0.4 is 14.8 Å². The van der Waals surface area contributed by atoms with Crippen LogP contribution in [0, 0.1) is 0 Å². The summed E-state index contributed by atoms with van der Waals surface area (Å²) >= 11 is 1.60. The van der Waals surface area contributed by atoms with Crippen molar-refractivity contribution < 1.29 is 14.3 Å². The Hall–Kier alpha value is -4.23. The number of hydrogen-bond acceptors (Lipinski definition) is 6. The number of rotatable bonds is 8. The standard InChI is InChI=1S/C29H25N3O3S/c1-19(31-20(2)33)22-11-13-27-26(15-22)32-29(36-27)23-12-14-28(30-17-23)35-25-10-6-9-24(16-25)34-18-21-7-4-3-5-8-21/h3-17,19H,18H2,1-2H3,(H,31,33). The van der Waals surface area contributed by atoms with Crippen LogP contribution in [-0.4, -0.2) is 15.9 Å². The fourth-order valence-electron chi connectivity index (χ4n) is 3.78. The van der Waals surface area contributed by atoms with Crippen molar-refractivity contribution in [2.75, 3.05) is 0 Å². The normalized spacial score (nSPS) is 11.7. The highest BCUT2D eigenvalue weighted by Crippen LogP contribution is 2.32. The molecule has 0 spiro atoms. The van der Waals surface area contributed by atoms with E-state index in [1.807, 2.05) is 91.9 Å². The van der Waals surface area contributed by atoms with Crippen molar-refractivity contribution in [2.45, 2.75) is 26.5 Å². The van der Waals surface area contributed by atoms with Gasteiger partial charge in [0.05, 0.1) is 16.3 Å². The first-order chi connectivity index (χ1) is 17.5. The van der Waals surface area contributed by atoms with Gasteiger partial charge >= 0.3 is 0 Å². The van der Waals surface area contributed by atoms with Gasteiger partial charge in [-0.15, -0.1) is 11.3 Å². The second-order valence-corrected chi connectivity index (χ2v) is 9.44. The van der Waals surface area contributed by atoms with Gasteiger partial charge in [-0.3, -0.25) is 4.79 Å². The topological polar surface area (TPSA) is 73.3 Å². The van der Waals surface area contributed by atoms with Gasteiger partial charge in [-0.1, -0.05) is 42.5 Å². The van der Waals surface area contributed by atoms with E-state index in [-0.39, 0.29) is 11.9 Å². The molecule has 1 N–H and O–H groups in total. The molecule has 0 aliphatic heterocycles. The summed E-state index contributed by atoms with van der Waals surface area (Å²) < 4.78 is 12.9. The summed E-state index contributed by atoms with van der Waals surface area (Å²) in [6.45, 7) is 3.98. The van der Waals surface area contributed by atoms with Crippen LogP contribution in [-0.2, 0) is 11.4 Å². The molecule has 1 atom stereocenters. The lowest BCUT2D eigenvalue weighted by Crippen LogP contribution is -2.23. The first-order valence-electron chi connectivity index (χ1n) is 11.6. The first-order valence-corrected chi connectivity index (χ1v) is 12.4. The zero-order chi connectivity index (χ0) is 24.9. The predicted molar refractivity (Wildman–Crippen MR) is 142 cm³/mol. The maximum Gasteiger partial charge on any atom is 0.219 e. The largest absolute Gasteiger partial charge is 0.489 e. The maximum absolute atomic E-state index is 11.4. The van der Waals surface area contributed by atoms with Crippen molar-refractivity contribution in [2.24, 2.45) is 0 Å². The summed E-state index contributed by atoms with van der Waals surface area (Å²) in [6, 6.07) is 27.4. The number of nitrogens with zero attached hydrogens (tertiary/aromatic N) is 2. The molecular weight excluding hydrogens is 470 g/mol. The molecule has 0 saturated carbocycles. The maximum atomic E-state index is 11.4. The second kappa shape index (κ2) is 10.6. The Morgan fingerprint density at radius 2 is 1.81 bits per heavy atom. The van der Waals surface area contributed by atoms with Crippen LogP contribution in [0.3, 0.4) is 0 Å². The molecule has 0 bridgehead atoms. The number of hydrogen-bond donors (Lipinski definition) is 1. The molecule has 36 heavy (non-hydrogen) atoms. The van der Waals surface area contributed by atoms with E-state index in [9.17, 15) is 4.79 Å². The van der Waals surface area contributed by atoms with Crippen molar-refractivity contribution in [1.29, 1.82) is 0 Å². The molecule has 7 heteroatoms. The van der Waals surface area contributed by atoms with E-state index in [4.69, 9.17) is 14.5 Å². The predicted octanol–water partition coefficient (Wildman–Crippen LogP) is 6.93. The Bertz CT molecular complexity index is 1480. The summed E-state index contributed by atoms with van der Waals surface area (Å²) in [5, 5.41) is 3.79. The van der Waals surface area contributed by atoms with Gasteiger partial charge in [-0.25, -0.2) is 9.97 Å². The quantitative estimate of drug-likeness (QED) is 0.253. The zero-order valence-electron chi connectivity index (χ0n) is 20.0. The number of pyridine rings is 1. The van der Waals surface area contributed by atoms with Crippen molar-refractivity contribution in [3.8, 4) is 28.0 Å². The Kier molecular flexibility index (Phi) is 6.91. The van der Waals surface area contributed by atoms with E-state index in [1.165, 1.54) is 6.92 Å². The van der Waals surface area contributed by atoms with Gasteiger partial charge in [0.15, 0.2) is 0 Å². The van der Waals surface area contributed by atoms with E-state index < -0.39 is 0 Å². The monoisotopic (exact) mass is 495 g/mol. The third kappa shape index (κ3) is 5.70. The second-order valence-electron chi connectivity index (χ2n) is 8.40. The number of aromatic nitrogens is 2. The van der Waals surface area contributed by atoms with Gasteiger partial charge in [0.25, 0.3) is 0 Å². The van der Waals surface area contributed by atoms with Gasteiger partial charge in [-0.05, 0) is 48.4 Å². The fraction of sp³-hybridized carbons (Fsp3) is 0.138. The molecule has 3 aromatic carbocycles. The van der Waals surface area contributed by atoms with Crippen molar-refractivity contribution >= 4 is 27.5 Å². The molecule has 6 nitrogen and oxygen atoms in total. The molecule has 0 radical (unpaired) electrons. The van der Waals surface area contributed by atoms with Gasteiger partial charge in [-0.2, -0.15) is 0 Å². The number of nitrogens with one attached hydrogen (secondary N) is 1. The highest BCUT2D eigenvalue weighted by molar-refractivity contribution is 7.21. The highest BCUT2D eigenvalue weighted by Gasteiger charge is 2.12. The Labute approximate surface area is 213 Å². The van der Waals surface area contributed by atoms with E-state index in [0.29, 0.717) is 18.2 Å². The molecule has 0 aliphatic rings. The molecule has 1 amide bonds. The molecule has 0 saturated heterocycles. The average molecular weight is 496 g/mol. The Morgan fingerprint density at radius 3 is 2.58 bits per heavy atom. The van der Waals surface area contributed by atoms with Crippen LogP contribution in [0.1, 0.15) is 31.0 Å². The number of benzene rings is 3. The minimum Gasteiger partial charge on any atom is -0.489 e. The van der Waals surface area contributed by atoms with Crippen LogP contribution >= 0.6 is 11.3 Å². The van der Waals surface area contributed by atoms with Gasteiger partial charge in [0, 0.05) is 30.8 Å². The Morgan fingerprint density at radius 1 is 0.972 bits per heavy atom. The van der Waals surface area contributed by atoms with Crippen LogP contribution in [0.4, 0.5) is 0 Å². The third-order valence-corrected chi connectivity index (χ3v) is 6.68. The molecular formula is C29H25N3O3S. The van der Waals surface area contributed by atoms with Crippen molar-refractivity contribution in [1.82, 2.24) is 15.3 Å². The zero-order valence-corrected chi connectivity index (χ0v) is 20.8. The SMILES string of the molecule is CC(=O)NC(C)c1ccc2sc(-c3ccc(Oc4cccc(OCc5ccccc5)c4)nc3)nc2c1. The third-order valence-electron chi connectivity index (χ3n) is 5.59. The molecule has 5 rings (SSSR count). The number of amides is 1. The smallest absolute Gasteiger partial charge is 0.219 e. The lowest BCUT2D eigenvalue weighted by Gasteiger charge is -2.12. The van der Waals surface area contributed by atoms with Gasteiger partial charge in [0.2, 0.25) is 11.8 Å². The van der Waals surface area contributed by atoms with E-state index in [0.717, 1.165) is 37.7 Å². The van der Waals surface area contributed by atoms with Crippen LogP contribution in [0.25, 0.3) is 20.8 Å². The summed E-state index contributed by atoms with van der Waals surface area (Å²) in [4.78, 5) is 20.6.